The van der Waals surface area contributed by atoms with Gasteiger partial charge in [0.15, 0.2) is 0 Å². The number of carbonyl (C=O) groups excluding carboxylic acids is 1. The van der Waals surface area contributed by atoms with Crippen LogP contribution in [0.3, 0.4) is 0 Å². The minimum atomic E-state index is -1.00. The van der Waals surface area contributed by atoms with Crippen LogP contribution in [0.2, 0.25) is 0 Å². The number of anilines is 1. The number of hydrogen-bond donors (Lipinski definition) is 1. The van der Waals surface area contributed by atoms with Gasteiger partial charge in [-0.1, -0.05) is 26.0 Å². The Labute approximate surface area is 109 Å². The molecule has 1 amide bonds. The first-order valence-electron chi connectivity index (χ1n) is 6.23. The quantitative estimate of drug-likeness (QED) is 0.878. The van der Waals surface area contributed by atoms with Crippen LogP contribution in [0.4, 0.5) is 5.69 Å². The fraction of sp³-hybridized carbons (Fsp3) is 0.467. The number of rotatable bonds is 4. The van der Waals surface area contributed by atoms with Gasteiger partial charge < -0.3 is 5.32 Å². The molecule has 0 aliphatic heterocycles. The number of nitrogens with one attached hydrogen (secondary N) is 1. The molecule has 0 saturated carbocycles. The van der Waals surface area contributed by atoms with Crippen LogP contribution in [0.25, 0.3) is 0 Å². The SMILES string of the molecule is CCC(C)c1ccc(NC(=O)C(C)(C)C#N)cc1. The third kappa shape index (κ3) is 3.33. The average molecular weight is 244 g/mol. The summed E-state index contributed by atoms with van der Waals surface area (Å²) in [6.07, 6.45) is 1.09. The lowest BCUT2D eigenvalue weighted by Crippen LogP contribution is -2.29. The van der Waals surface area contributed by atoms with E-state index in [2.05, 4.69) is 19.2 Å². The van der Waals surface area contributed by atoms with Gasteiger partial charge in [-0.3, -0.25) is 4.79 Å². The maximum absolute atomic E-state index is 11.8. The lowest BCUT2D eigenvalue weighted by atomic mass is 9.94. The largest absolute Gasteiger partial charge is 0.325 e. The molecule has 0 fully saturated rings. The number of nitrogens with zero attached hydrogens (tertiary/aromatic N) is 1. The normalized spacial score (nSPS) is 12.6. The predicted molar refractivity (Wildman–Crippen MR) is 73.2 cm³/mol. The summed E-state index contributed by atoms with van der Waals surface area (Å²) in [7, 11) is 0. The van der Waals surface area contributed by atoms with Gasteiger partial charge in [0.2, 0.25) is 5.91 Å². The van der Waals surface area contributed by atoms with Crippen molar-refractivity contribution >= 4 is 11.6 Å². The van der Waals surface area contributed by atoms with E-state index in [0.717, 1.165) is 12.1 Å². The van der Waals surface area contributed by atoms with Crippen molar-refractivity contribution in [2.75, 3.05) is 5.32 Å². The molecule has 3 heteroatoms. The Hall–Kier alpha value is -1.82. The van der Waals surface area contributed by atoms with Gasteiger partial charge >= 0.3 is 0 Å². The van der Waals surface area contributed by atoms with Crippen LogP contribution >= 0.6 is 0 Å². The van der Waals surface area contributed by atoms with Crippen LogP contribution in [0.15, 0.2) is 24.3 Å². The van der Waals surface area contributed by atoms with Crippen LogP contribution in [0.1, 0.15) is 45.6 Å². The molecule has 1 N–H and O–H groups in total. The van der Waals surface area contributed by atoms with Gasteiger partial charge in [0, 0.05) is 5.69 Å². The second-order valence-corrected chi connectivity index (χ2v) is 5.12. The maximum Gasteiger partial charge on any atom is 0.244 e. The molecule has 1 aromatic rings. The van der Waals surface area contributed by atoms with Gasteiger partial charge in [0.25, 0.3) is 0 Å². The molecule has 1 aromatic carbocycles. The van der Waals surface area contributed by atoms with Gasteiger partial charge in [-0.05, 0) is 43.9 Å². The summed E-state index contributed by atoms with van der Waals surface area (Å²) >= 11 is 0. The van der Waals surface area contributed by atoms with E-state index < -0.39 is 5.41 Å². The summed E-state index contributed by atoms with van der Waals surface area (Å²) < 4.78 is 0. The van der Waals surface area contributed by atoms with E-state index >= 15 is 0 Å². The number of benzene rings is 1. The fourth-order valence-electron chi connectivity index (χ4n) is 1.47. The van der Waals surface area contributed by atoms with Gasteiger partial charge in [-0.25, -0.2) is 0 Å². The number of hydrogen-bond acceptors (Lipinski definition) is 2. The number of carbonyl (C=O) groups is 1. The molecule has 96 valence electrons. The smallest absolute Gasteiger partial charge is 0.244 e. The van der Waals surface area contributed by atoms with Crippen molar-refractivity contribution < 1.29 is 4.79 Å². The van der Waals surface area contributed by atoms with E-state index in [-0.39, 0.29) is 5.91 Å². The third-order valence-electron chi connectivity index (χ3n) is 3.20. The van der Waals surface area contributed by atoms with Crippen LogP contribution in [0.5, 0.6) is 0 Å². The Morgan fingerprint density at radius 3 is 2.39 bits per heavy atom. The first-order valence-corrected chi connectivity index (χ1v) is 6.23. The minimum Gasteiger partial charge on any atom is -0.325 e. The Balaban J connectivity index is 2.77. The zero-order valence-electron chi connectivity index (χ0n) is 11.4. The molecule has 1 rings (SSSR count). The Bertz CT molecular complexity index is 454. The number of amides is 1. The van der Waals surface area contributed by atoms with E-state index in [1.807, 2.05) is 30.3 Å². The van der Waals surface area contributed by atoms with Gasteiger partial charge in [0.05, 0.1) is 6.07 Å². The molecule has 0 spiro atoms. The van der Waals surface area contributed by atoms with E-state index in [1.54, 1.807) is 13.8 Å². The Morgan fingerprint density at radius 2 is 1.94 bits per heavy atom. The second kappa shape index (κ2) is 5.68. The highest BCUT2D eigenvalue weighted by Crippen LogP contribution is 2.22. The first-order chi connectivity index (χ1) is 8.40. The van der Waals surface area contributed by atoms with E-state index in [9.17, 15) is 4.79 Å². The van der Waals surface area contributed by atoms with Crippen molar-refractivity contribution in [2.24, 2.45) is 5.41 Å². The molecular formula is C15H20N2O. The summed E-state index contributed by atoms with van der Waals surface area (Å²) in [5.41, 5.74) is 0.987. The van der Waals surface area contributed by atoms with Crippen molar-refractivity contribution in [1.29, 1.82) is 5.26 Å². The summed E-state index contributed by atoms with van der Waals surface area (Å²) in [5, 5.41) is 11.6. The molecule has 3 nitrogen and oxygen atoms in total. The zero-order chi connectivity index (χ0) is 13.8. The minimum absolute atomic E-state index is 0.277. The highest BCUT2D eigenvalue weighted by atomic mass is 16.2. The van der Waals surface area contributed by atoms with Gasteiger partial charge in [-0.2, -0.15) is 5.26 Å². The fourth-order valence-corrected chi connectivity index (χ4v) is 1.47. The third-order valence-corrected chi connectivity index (χ3v) is 3.20. The maximum atomic E-state index is 11.8. The molecule has 0 bridgehead atoms. The molecule has 0 aromatic heterocycles. The van der Waals surface area contributed by atoms with Crippen molar-refractivity contribution in [3.63, 3.8) is 0 Å². The summed E-state index contributed by atoms with van der Waals surface area (Å²) in [6.45, 7) is 7.54. The van der Waals surface area contributed by atoms with E-state index in [4.69, 9.17) is 5.26 Å². The molecule has 18 heavy (non-hydrogen) atoms. The van der Waals surface area contributed by atoms with Crippen LogP contribution in [-0.2, 0) is 4.79 Å². The highest BCUT2D eigenvalue weighted by Gasteiger charge is 2.27. The molecule has 1 unspecified atom stereocenters. The Morgan fingerprint density at radius 1 is 1.39 bits per heavy atom. The average Bonchev–Trinajstić information content (AvgIpc) is 2.38. The van der Waals surface area contributed by atoms with Crippen molar-refractivity contribution in [1.82, 2.24) is 0 Å². The lowest BCUT2D eigenvalue weighted by molar-refractivity contribution is -0.121. The molecule has 0 aliphatic rings. The summed E-state index contributed by atoms with van der Waals surface area (Å²) in [5.74, 6) is 0.242. The second-order valence-electron chi connectivity index (χ2n) is 5.12. The van der Waals surface area contributed by atoms with E-state index in [1.165, 1.54) is 5.56 Å². The molecular weight excluding hydrogens is 224 g/mol. The zero-order valence-corrected chi connectivity index (χ0v) is 11.4. The van der Waals surface area contributed by atoms with E-state index in [0.29, 0.717) is 5.92 Å². The summed E-state index contributed by atoms with van der Waals surface area (Å²) in [6, 6.07) is 9.79. The monoisotopic (exact) mass is 244 g/mol. The van der Waals surface area contributed by atoms with Crippen molar-refractivity contribution in [3.8, 4) is 6.07 Å². The van der Waals surface area contributed by atoms with Crippen LogP contribution in [0, 0.1) is 16.7 Å². The predicted octanol–water partition coefficient (Wildman–Crippen LogP) is 3.69. The van der Waals surface area contributed by atoms with Crippen molar-refractivity contribution in [3.05, 3.63) is 29.8 Å². The highest BCUT2D eigenvalue weighted by molar-refractivity contribution is 5.96. The van der Waals surface area contributed by atoms with Gasteiger partial charge in [-0.15, -0.1) is 0 Å². The van der Waals surface area contributed by atoms with Crippen molar-refractivity contribution in [2.45, 2.75) is 40.0 Å². The van der Waals surface area contributed by atoms with Crippen LogP contribution in [-0.4, -0.2) is 5.91 Å². The molecule has 0 saturated heterocycles. The Kier molecular flexibility index (Phi) is 4.49. The topological polar surface area (TPSA) is 52.9 Å². The molecule has 0 radical (unpaired) electrons. The molecule has 1 atom stereocenters. The standard InChI is InChI=1S/C15H20N2O/c1-5-11(2)12-6-8-13(9-7-12)17-14(18)15(3,4)10-16/h6-9,11H,5H2,1-4H3,(H,17,18). The summed E-state index contributed by atoms with van der Waals surface area (Å²) in [4.78, 5) is 11.8. The lowest BCUT2D eigenvalue weighted by Gasteiger charge is -2.15. The first kappa shape index (κ1) is 14.2. The van der Waals surface area contributed by atoms with Gasteiger partial charge in [0.1, 0.15) is 5.41 Å². The molecule has 0 heterocycles. The van der Waals surface area contributed by atoms with Crippen LogP contribution < -0.4 is 5.32 Å². The number of nitriles is 1. The molecule has 0 aliphatic carbocycles.